The second kappa shape index (κ2) is 10.5. The molecule has 2 saturated carbocycles. The number of imidazole rings is 1. The molecule has 0 unspecified atom stereocenters. The van der Waals surface area contributed by atoms with Crippen LogP contribution in [0.1, 0.15) is 54.5 Å². The van der Waals surface area contributed by atoms with Crippen molar-refractivity contribution in [1.29, 1.82) is 0 Å². The maximum Gasteiger partial charge on any atom is 0.274 e. The van der Waals surface area contributed by atoms with E-state index in [4.69, 9.17) is 21.6 Å². The number of aryl methyl sites for hydroxylation is 1. The third-order valence-corrected chi connectivity index (χ3v) is 6.95. The molecule has 0 spiro atoms. The number of hydrogen-bond acceptors (Lipinski definition) is 5. The van der Waals surface area contributed by atoms with E-state index in [0.29, 0.717) is 17.4 Å². The second-order valence-corrected chi connectivity index (χ2v) is 9.37. The Morgan fingerprint density at radius 3 is 2.36 bits per heavy atom. The maximum absolute atomic E-state index is 11.6. The smallest absolute Gasteiger partial charge is 0.274 e. The summed E-state index contributed by atoms with van der Waals surface area (Å²) in [5, 5.41) is 17.1. The normalized spacial score (nSPS) is 14.6. The zero-order chi connectivity index (χ0) is 22.9. The maximum atomic E-state index is 11.6. The zero-order valence-electron chi connectivity index (χ0n) is 19.7. The molecule has 0 saturated heterocycles. The molecule has 8 nitrogen and oxygen atoms in total. The van der Waals surface area contributed by atoms with Crippen LogP contribution in [0.3, 0.4) is 0 Å². The Labute approximate surface area is 231 Å². The van der Waals surface area contributed by atoms with Gasteiger partial charge in [-0.3, -0.25) is 14.8 Å². The summed E-state index contributed by atoms with van der Waals surface area (Å²) in [6.07, 6.45) is 6.39. The molecule has 0 N–H and O–H groups in total. The molecule has 0 amide bonds. The Kier molecular flexibility index (Phi) is 8.25. The first-order chi connectivity index (χ1) is 16.0. The topological polar surface area (TPSA) is 91.7 Å². The average Bonchev–Trinajstić information content (AvgIpc) is 3.72. The minimum atomic E-state index is -0.368. The van der Waals surface area contributed by atoms with Crippen LogP contribution in [0.25, 0.3) is 33.7 Å². The lowest BCUT2D eigenvalue weighted by atomic mass is 10.0. The van der Waals surface area contributed by atoms with Gasteiger partial charge in [-0.1, -0.05) is 12.1 Å². The summed E-state index contributed by atoms with van der Waals surface area (Å²) >= 11 is 6.23. The van der Waals surface area contributed by atoms with Gasteiger partial charge in [-0.15, -0.1) is 48.8 Å². The standard InChI is InChI=1S/C24H23ClN6O2.3ClH/c1-29-12-15-10-17(20(13-6-7-13)26-23(15)28-29)24-27-21(22(30(24)2)14-8-9-14)16-4-3-5-19(31(32)33)18(16)11-25;;;/h3-5,10,12-14H,6-9,11H2,1-2H3;3*1H. The minimum absolute atomic E-state index is 0. The van der Waals surface area contributed by atoms with Gasteiger partial charge in [-0.25, -0.2) is 9.97 Å². The van der Waals surface area contributed by atoms with Crippen molar-refractivity contribution in [3.63, 3.8) is 0 Å². The second-order valence-electron chi connectivity index (χ2n) is 9.11. The quantitative estimate of drug-likeness (QED) is 0.146. The number of nitro benzene ring substituents is 1. The fourth-order valence-electron chi connectivity index (χ4n) is 4.82. The molecule has 192 valence electrons. The first kappa shape index (κ1) is 28.2. The third kappa shape index (κ3) is 4.67. The minimum Gasteiger partial charge on any atom is -0.330 e. The van der Waals surface area contributed by atoms with Crippen LogP contribution in [0.15, 0.2) is 30.5 Å². The van der Waals surface area contributed by atoms with Crippen LogP contribution in [0.2, 0.25) is 0 Å². The Morgan fingerprint density at radius 1 is 1.06 bits per heavy atom. The number of fused-ring (bicyclic) bond motifs is 1. The molecule has 2 aliphatic rings. The van der Waals surface area contributed by atoms with Crippen LogP contribution in [0.5, 0.6) is 0 Å². The van der Waals surface area contributed by atoms with Crippen LogP contribution < -0.4 is 0 Å². The van der Waals surface area contributed by atoms with Gasteiger partial charge in [0.2, 0.25) is 0 Å². The van der Waals surface area contributed by atoms with Gasteiger partial charge in [0.15, 0.2) is 5.65 Å². The van der Waals surface area contributed by atoms with Crippen LogP contribution in [-0.2, 0) is 20.0 Å². The number of nitro groups is 1. The highest BCUT2D eigenvalue weighted by atomic mass is 35.5. The molecular weight excluding hydrogens is 546 g/mol. The summed E-state index contributed by atoms with van der Waals surface area (Å²) in [6.45, 7) is 0. The van der Waals surface area contributed by atoms with Gasteiger partial charge in [0, 0.05) is 60.4 Å². The molecule has 12 heteroatoms. The molecule has 0 radical (unpaired) electrons. The lowest BCUT2D eigenvalue weighted by Gasteiger charge is -2.10. The van der Waals surface area contributed by atoms with Crippen molar-refractivity contribution in [3.05, 3.63) is 57.5 Å². The number of pyridine rings is 1. The van der Waals surface area contributed by atoms with Crippen LogP contribution in [0.4, 0.5) is 5.69 Å². The largest absolute Gasteiger partial charge is 0.330 e. The van der Waals surface area contributed by atoms with Crippen molar-refractivity contribution < 1.29 is 4.92 Å². The molecule has 3 heterocycles. The van der Waals surface area contributed by atoms with Gasteiger partial charge in [0.25, 0.3) is 5.69 Å². The highest BCUT2D eigenvalue weighted by Crippen LogP contribution is 2.49. The summed E-state index contributed by atoms with van der Waals surface area (Å²) in [7, 11) is 3.94. The fraction of sp³-hybridized carbons (Fsp3) is 0.375. The number of halogens is 4. The summed E-state index contributed by atoms with van der Waals surface area (Å²) in [5.74, 6) is 1.72. The van der Waals surface area contributed by atoms with E-state index in [1.54, 1.807) is 10.7 Å². The molecule has 2 fully saturated rings. The number of alkyl halides is 1. The number of nitrogens with zero attached hydrogens (tertiary/aromatic N) is 6. The molecule has 36 heavy (non-hydrogen) atoms. The summed E-state index contributed by atoms with van der Waals surface area (Å²) in [4.78, 5) is 21.3. The van der Waals surface area contributed by atoms with Crippen molar-refractivity contribution >= 4 is 65.5 Å². The van der Waals surface area contributed by atoms with E-state index >= 15 is 0 Å². The lowest BCUT2D eigenvalue weighted by molar-refractivity contribution is -0.385. The summed E-state index contributed by atoms with van der Waals surface area (Å²) in [5.41, 5.74) is 6.01. The number of aromatic nitrogens is 5. The van der Waals surface area contributed by atoms with Crippen molar-refractivity contribution in [1.82, 2.24) is 24.3 Å². The Bertz CT molecular complexity index is 1440. The first-order valence-electron chi connectivity index (χ1n) is 11.2. The van der Waals surface area contributed by atoms with Crippen molar-refractivity contribution in [3.8, 4) is 22.6 Å². The third-order valence-electron chi connectivity index (χ3n) is 6.68. The van der Waals surface area contributed by atoms with Crippen LogP contribution in [-0.4, -0.2) is 29.2 Å². The molecule has 2 aliphatic carbocycles. The Morgan fingerprint density at radius 2 is 1.75 bits per heavy atom. The number of benzene rings is 1. The van der Waals surface area contributed by atoms with Gasteiger partial charge >= 0.3 is 0 Å². The van der Waals surface area contributed by atoms with E-state index in [-0.39, 0.29) is 53.7 Å². The SMILES string of the molecule is Cl.Cl.Cl.Cn1cc2cc(-c3nc(-c4cccc([N+](=O)[O-])c4CCl)c(C4CC4)n3C)c(C3CC3)nc2n1. The summed E-state index contributed by atoms with van der Waals surface area (Å²) < 4.78 is 3.95. The van der Waals surface area contributed by atoms with E-state index in [1.807, 2.05) is 26.4 Å². The Balaban J connectivity index is 0.00000120. The van der Waals surface area contributed by atoms with Gasteiger partial charge in [-0.2, -0.15) is 5.10 Å². The van der Waals surface area contributed by atoms with Crippen LogP contribution in [0, 0.1) is 10.1 Å². The van der Waals surface area contributed by atoms with Crippen molar-refractivity contribution in [2.75, 3.05) is 0 Å². The van der Waals surface area contributed by atoms with E-state index in [0.717, 1.165) is 70.7 Å². The first-order valence-corrected chi connectivity index (χ1v) is 11.7. The monoisotopic (exact) mass is 570 g/mol. The van der Waals surface area contributed by atoms with Crippen molar-refractivity contribution in [2.45, 2.75) is 43.4 Å². The molecule has 3 aromatic heterocycles. The molecule has 1 aromatic carbocycles. The van der Waals surface area contributed by atoms with Gasteiger partial charge in [0.1, 0.15) is 5.82 Å². The molecule has 0 bridgehead atoms. The molecule has 0 atom stereocenters. The molecular formula is C24H26Cl4N6O2. The predicted molar refractivity (Wildman–Crippen MR) is 148 cm³/mol. The van der Waals surface area contributed by atoms with Gasteiger partial charge in [-0.05, 0) is 31.7 Å². The molecule has 4 aromatic rings. The van der Waals surface area contributed by atoms with Crippen molar-refractivity contribution in [2.24, 2.45) is 14.1 Å². The van der Waals surface area contributed by atoms with Gasteiger partial charge < -0.3 is 4.57 Å². The van der Waals surface area contributed by atoms with E-state index in [1.165, 1.54) is 6.07 Å². The lowest BCUT2D eigenvalue weighted by Crippen LogP contribution is -2.02. The number of hydrogen-bond donors (Lipinski definition) is 0. The van der Waals surface area contributed by atoms with E-state index in [2.05, 4.69) is 15.7 Å². The van der Waals surface area contributed by atoms with Gasteiger partial charge in [0.05, 0.1) is 27.8 Å². The predicted octanol–water partition coefficient (Wildman–Crippen LogP) is 6.70. The van der Waals surface area contributed by atoms with E-state index in [9.17, 15) is 10.1 Å². The van der Waals surface area contributed by atoms with E-state index < -0.39 is 0 Å². The Hall–Kier alpha value is -2.39. The summed E-state index contributed by atoms with van der Waals surface area (Å²) in [6, 6.07) is 7.26. The molecule has 6 rings (SSSR count). The number of rotatable bonds is 6. The average molecular weight is 572 g/mol. The highest BCUT2D eigenvalue weighted by molar-refractivity contribution is 6.17. The zero-order valence-corrected chi connectivity index (χ0v) is 22.9. The fourth-order valence-corrected chi connectivity index (χ4v) is 5.10. The molecule has 0 aliphatic heterocycles. The highest BCUT2D eigenvalue weighted by Gasteiger charge is 2.36. The van der Waals surface area contributed by atoms with Crippen LogP contribution >= 0.6 is 48.8 Å².